The molecule has 3 aromatic rings. The van der Waals surface area contributed by atoms with Gasteiger partial charge in [0.2, 0.25) is 5.96 Å². The van der Waals surface area contributed by atoms with Crippen molar-refractivity contribution in [1.29, 1.82) is 0 Å². The van der Waals surface area contributed by atoms with Gasteiger partial charge in [0.05, 0.1) is 25.9 Å². The van der Waals surface area contributed by atoms with E-state index in [1.54, 1.807) is 25.6 Å². The van der Waals surface area contributed by atoms with Crippen LogP contribution in [0.3, 0.4) is 0 Å². The predicted octanol–water partition coefficient (Wildman–Crippen LogP) is 5.09. The molecule has 4 rings (SSSR count). The van der Waals surface area contributed by atoms with Crippen molar-refractivity contribution in [2.24, 2.45) is 4.99 Å². The number of benzene rings is 2. The SMILES string of the molecule is COCc1cc2c3c(ccc2s1)CN=C(Nc1cccc(SOC)c1)N3. The fourth-order valence-corrected chi connectivity index (χ4v) is 4.50. The normalized spacial score (nSPS) is 13.2. The second-order valence-corrected chi connectivity index (χ2v) is 7.99. The van der Waals surface area contributed by atoms with Crippen molar-refractivity contribution in [1.82, 2.24) is 0 Å². The highest BCUT2D eigenvalue weighted by Gasteiger charge is 2.16. The van der Waals surface area contributed by atoms with Gasteiger partial charge < -0.3 is 19.6 Å². The van der Waals surface area contributed by atoms with Gasteiger partial charge in [-0.1, -0.05) is 12.1 Å². The molecule has 134 valence electrons. The minimum Gasteiger partial charge on any atom is -0.379 e. The first-order valence-corrected chi connectivity index (χ1v) is 9.75. The lowest BCUT2D eigenvalue weighted by atomic mass is 10.1. The summed E-state index contributed by atoms with van der Waals surface area (Å²) in [6.45, 7) is 1.29. The van der Waals surface area contributed by atoms with E-state index in [0.717, 1.165) is 22.2 Å². The first-order chi connectivity index (χ1) is 12.8. The Kier molecular flexibility index (Phi) is 5.12. The Morgan fingerprint density at radius 3 is 3.00 bits per heavy atom. The van der Waals surface area contributed by atoms with Gasteiger partial charge in [-0.25, -0.2) is 4.99 Å². The van der Waals surface area contributed by atoms with Crippen molar-refractivity contribution in [2.75, 3.05) is 24.9 Å². The van der Waals surface area contributed by atoms with Crippen LogP contribution in [-0.2, 0) is 22.1 Å². The molecule has 0 radical (unpaired) electrons. The first-order valence-electron chi connectivity index (χ1n) is 8.19. The van der Waals surface area contributed by atoms with Gasteiger partial charge in [-0.15, -0.1) is 11.3 Å². The second-order valence-electron chi connectivity index (χ2n) is 5.85. The van der Waals surface area contributed by atoms with Crippen molar-refractivity contribution in [3.63, 3.8) is 0 Å². The van der Waals surface area contributed by atoms with Crippen molar-refractivity contribution < 1.29 is 8.92 Å². The van der Waals surface area contributed by atoms with Crippen LogP contribution in [0.5, 0.6) is 0 Å². The number of aliphatic imine (C=N–C) groups is 1. The summed E-state index contributed by atoms with van der Waals surface area (Å²) in [4.78, 5) is 6.89. The van der Waals surface area contributed by atoms with Crippen molar-refractivity contribution in [2.45, 2.75) is 18.0 Å². The highest BCUT2D eigenvalue weighted by molar-refractivity contribution is 7.94. The molecule has 2 aromatic carbocycles. The first kappa shape index (κ1) is 17.4. The molecule has 2 N–H and O–H groups in total. The third kappa shape index (κ3) is 3.57. The minimum atomic E-state index is 0.636. The largest absolute Gasteiger partial charge is 0.379 e. The highest BCUT2D eigenvalue weighted by atomic mass is 32.2. The van der Waals surface area contributed by atoms with Gasteiger partial charge in [0.1, 0.15) is 0 Å². The quantitative estimate of drug-likeness (QED) is 0.599. The Morgan fingerprint density at radius 1 is 1.23 bits per heavy atom. The van der Waals surface area contributed by atoms with Crippen molar-refractivity contribution in [3.8, 4) is 0 Å². The van der Waals surface area contributed by atoms with Crippen LogP contribution in [0.15, 0.2) is 52.4 Å². The van der Waals surface area contributed by atoms with Crippen molar-refractivity contribution in [3.05, 3.63) is 52.9 Å². The lowest BCUT2D eigenvalue weighted by Crippen LogP contribution is -2.25. The van der Waals surface area contributed by atoms with Gasteiger partial charge in [-0.3, -0.25) is 0 Å². The lowest BCUT2D eigenvalue weighted by Gasteiger charge is -2.20. The number of hydrogen-bond donors (Lipinski definition) is 2. The summed E-state index contributed by atoms with van der Waals surface area (Å²) < 4.78 is 11.7. The highest BCUT2D eigenvalue weighted by Crippen LogP contribution is 2.36. The molecular weight excluding hydrogens is 366 g/mol. The number of ether oxygens (including phenoxy) is 1. The van der Waals surface area contributed by atoms with E-state index in [1.807, 2.05) is 24.3 Å². The third-order valence-electron chi connectivity index (χ3n) is 4.05. The van der Waals surface area contributed by atoms with Crippen LogP contribution in [0, 0.1) is 0 Å². The molecule has 0 amide bonds. The predicted molar refractivity (Wildman–Crippen MR) is 110 cm³/mol. The minimum absolute atomic E-state index is 0.636. The zero-order valence-corrected chi connectivity index (χ0v) is 16.2. The number of hydrogen-bond acceptors (Lipinski definition) is 7. The molecule has 0 unspecified atom stereocenters. The Labute approximate surface area is 160 Å². The van der Waals surface area contributed by atoms with Crippen LogP contribution >= 0.6 is 23.4 Å². The molecule has 0 spiro atoms. The summed E-state index contributed by atoms with van der Waals surface area (Å²) >= 11 is 3.10. The van der Waals surface area contributed by atoms with Gasteiger partial charge in [0.25, 0.3) is 0 Å². The smallest absolute Gasteiger partial charge is 0.200 e. The molecule has 0 saturated carbocycles. The van der Waals surface area contributed by atoms with E-state index in [-0.39, 0.29) is 0 Å². The molecule has 26 heavy (non-hydrogen) atoms. The Hall–Kier alpha value is -2.06. The van der Waals surface area contributed by atoms with Crippen LogP contribution in [0.2, 0.25) is 0 Å². The number of nitrogens with zero attached hydrogens (tertiary/aromatic N) is 1. The number of rotatable bonds is 5. The summed E-state index contributed by atoms with van der Waals surface area (Å²) in [5.41, 5.74) is 3.30. The molecule has 0 bridgehead atoms. The zero-order valence-electron chi connectivity index (χ0n) is 14.5. The number of fused-ring (bicyclic) bond motifs is 3. The maximum absolute atomic E-state index is 5.27. The van der Waals surface area contributed by atoms with Crippen molar-refractivity contribution >= 4 is 50.8 Å². The summed E-state index contributed by atoms with van der Waals surface area (Å²) in [5, 5.41) is 8.05. The number of guanidine groups is 1. The molecular formula is C19H19N3O2S2. The zero-order chi connectivity index (χ0) is 17.9. The van der Waals surface area contributed by atoms with Crippen LogP contribution in [0.4, 0.5) is 11.4 Å². The van der Waals surface area contributed by atoms with E-state index in [0.29, 0.717) is 13.2 Å². The number of nitrogens with one attached hydrogen (secondary N) is 2. The van der Waals surface area contributed by atoms with Crippen LogP contribution in [0.1, 0.15) is 10.4 Å². The molecule has 2 heterocycles. The van der Waals surface area contributed by atoms with Crippen LogP contribution in [0.25, 0.3) is 10.1 Å². The third-order valence-corrected chi connectivity index (χ3v) is 5.74. The van der Waals surface area contributed by atoms with E-state index in [9.17, 15) is 0 Å². The average molecular weight is 386 g/mol. The molecule has 7 heteroatoms. The average Bonchev–Trinajstić information content (AvgIpc) is 3.06. The maximum Gasteiger partial charge on any atom is 0.200 e. The number of anilines is 2. The number of thiophene rings is 1. The Bertz CT molecular complexity index is 969. The Balaban J connectivity index is 1.59. The van der Waals surface area contributed by atoms with Gasteiger partial charge in [-0.05, 0) is 35.9 Å². The lowest BCUT2D eigenvalue weighted by molar-refractivity contribution is 0.187. The van der Waals surface area contributed by atoms with Gasteiger partial charge in [-0.2, -0.15) is 0 Å². The molecule has 0 fully saturated rings. The monoisotopic (exact) mass is 385 g/mol. The fourth-order valence-electron chi connectivity index (χ4n) is 2.95. The standard InChI is InChI=1S/C19H19N3O2S2/c1-23-11-15-9-16-17(25-15)7-6-12-10-20-19(22-18(12)16)21-13-4-3-5-14(8-13)26-24-2/h3-9H,10-11H2,1-2H3,(H2,20,21,22). The molecule has 5 nitrogen and oxygen atoms in total. The fraction of sp³-hybridized carbons (Fsp3) is 0.211. The van der Waals surface area contributed by atoms with Gasteiger partial charge >= 0.3 is 0 Å². The van der Waals surface area contributed by atoms with Crippen LogP contribution in [-0.4, -0.2) is 20.2 Å². The van der Waals surface area contributed by atoms with Gasteiger partial charge in [0, 0.05) is 44.7 Å². The van der Waals surface area contributed by atoms with Gasteiger partial charge in [0.15, 0.2) is 0 Å². The van der Waals surface area contributed by atoms with E-state index < -0.39 is 0 Å². The molecule has 1 aliphatic rings. The summed E-state index contributed by atoms with van der Waals surface area (Å²) in [6.07, 6.45) is 0. The molecule has 1 aliphatic heterocycles. The summed E-state index contributed by atoms with van der Waals surface area (Å²) in [6, 6.07) is 14.6. The van der Waals surface area contributed by atoms with E-state index >= 15 is 0 Å². The summed E-state index contributed by atoms with van der Waals surface area (Å²) in [5.74, 6) is 0.754. The summed E-state index contributed by atoms with van der Waals surface area (Å²) in [7, 11) is 3.39. The number of methoxy groups -OCH3 is 1. The van der Waals surface area contributed by atoms with Crippen LogP contribution < -0.4 is 10.6 Å². The van der Waals surface area contributed by atoms with E-state index in [1.165, 1.54) is 32.6 Å². The molecule has 0 atom stereocenters. The van der Waals surface area contributed by atoms with E-state index in [2.05, 4.69) is 33.8 Å². The molecule has 1 aromatic heterocycles. The topological polar surface area (TPSA) is 54.9 Å². The second kappa shape index (κ2) is 7.67. The Morgan fingerprint density at radius 2 is 2.15 bits per heavy atom. The van der Waals surface area contributed by atoms with E-state index in [4.69, 9.17) is 8.92 Å². The molecule has 0 aliphatic carbocycles. The maximum atomic E-state index is 5.27. The molecule has 0 saturated heterocycles.